The summed E-state index contributed by atoms with van der Waals surface area (Å²) in [6.45, 7) is 6.84. The summed E-state index contributed by atoms with van der Waals surface area (Å²) in [7, 11) is 0. The maximum Gasteiger partial charge on any atom is 0.124 e. The van der Waals surface area contributed by atoms with Gasteiger partial charge in [0, 0.05) is 21.7 Å². The third kappa shape index (κ3) is 3.22. The average molecular weight is 324 g/mol. The summed E-state index contributed by atoms with van der Waals surface area (Å²) in [5, 5.41) is 0.997. The third-order valence-corrected chi connectivity index (χ3v) is 4.70. The first-order valence-corrected chi connectivity index (χ1v) is 8.47. The SMILES string of the molecule is CCOc1ccc(-c2nc(-c3cccc(N)c3)sc2C)cc1C. The Morgan fingerprint density at radius 2 is 1.91 bits per heavy atom. The second kappa shape index (κ2) is 6.42. The van der Waals surface area contributed by atoms with Crippen molar-refractivity contribution in [1.29, 1.82) is 0 Å². The van der Waals surface area contributed by atoms with Crippen LogP contribution in [0.2, 0.25) is 0 Å². The molecule has 0 aliphatic heterocycles. The minimum absolute atomic E-state index is 0.676. The van der Waals surface area contributed by atoms with E-state index in [4.69, 9.17) is 15.5 Å². The van der Waals surface area contributed by atoms with Crippen LogP contribution in [0.3, 0.4) is 0 Å². The fourth-order valence-electron chi connectivity index (χ4n) is 2.57. The van der Waals surface area contributed by atoms with Gasteiger partial charge in [-0.2, -0.15) is 0 Å². The maximum absolute atomic E-state index is 5.88. The van der Waals surface area contributed by atoms with E-state index in [1.807, 2.05) is 37.3 Å². The number of hydrogen-bond donors (Lipinski definition) is 1. The number of benzene rings is 2. The molecule has 0 fully saturated rings. The lowest BCUT2D eigenvalue weighted by molar-refractivity contribution is 0.338. The number of thiazole rings is 1. The molecule has 0 bridgehead atoms. The van der Waals surface area contributed by atoms with Crippen LogP contribution in [0.15, 0.2) is 42.5 Å². The Bertz CT molecular complexity index is 839. The van der Waals surface area contributed by atoms with Crippen molar-refractivity contribution in [1.82, 2.24) is 4.98 Å². The van der Waals surface area contributed by atoms with Crippen LogP contribution >= 0.6 is 11.3 Å². The molecule has 23 heavy (non-hydrogen) atoms. The number of anilines is 1. The Balaban J connectivity index is 2.00. The highest BCUT2D eigenvalue weighted by Gasteiger charge is 2.12. The summed E-state index contributed by atoms with van der Waals surface area (Å²) in [4.78, 5) is 6.03. The third-order valence-electron chi connectivity index (χ3n) is 3.68. The minimum Gasteiger partial charge on any atom is -0.494 e. The van der Waals surface area contributed by atoms with Crippen LogP contribution in [0.4, 0.5) is 5.69 Å². The number of aromatic nitrogens is 1. The lowest BCUT2D eigenvalue weighted by Gasteiger charge is -2.08. The van der Waals surface area contributed by atoms with Gasteiger partial charge in [0.05, 0.1) is 12.3 Å². The zero-order valence-corrected chi connectivity index (χ0v) is 14.4. The van der Waals surface area contributed by atoms with Crippen LogP contribution in [-0.4, -0.2) is 11.6 Å². The van der Waals surface area contributed by atoms with E-state index in [1.54, 1.807) is 11.3 Å². The molecule has 4 heteroatoms. The van der Waals surface area contributed by atoms with Gasteiger partial charge in [-0.1, -0.05) is 12.1 Å². The molecular weight excluding hydrogens is 304 g/mol. The van der Waals surface area contributed by atoms with Gasteiger partial charge in [-0.25, -0.2) is 4.98 Å². The maximum atomic E-state index is 5.88. The number of nitrogens with two attached hydrogens (primary N) is 1. The van der Waals surface area contributed by atoms with Crippen LogP contribution in [-0.2, 0) is 0 Å². The largest absolute Gasteiger partial charge is 0.494 e. The van der Waals surface area contributed by atoms with Crippen LogP contribution in [0.25, 0.3) is 21.8 Å². The molecule has 0 saturated carbocycles. The lowest BCUT2D eigenvalue weighted by Crippen LogP contribution is -1.94. The van der Waals surface area contributed by atoms with Crippen molar-refractivity contribution in [3.05, 3.63) is 52.9 Å². The first-order chi connectivity index (χ1) is 11.1. The quantitative estimate of drug-likeness (QED) is 0.681. The summed E-state index contributed by atoms with van der Waals surface area (Å²) in [6, 6.07) is 14.1. The molecule has 2 aromatic carbocycles. The van der Waals surface area contributed by atoms with E-state index in [0.717, 1.165) is 38.8 Å². The van der Waals surface area contributed by atoms with Gasteiger partial charge in [-0.05, 0) is 56.7 Å². The zero-order chi connectivity index (χ0) is 16.4. The van der Waals surface area contributed by atoms with E-state index in [0.29, 0.717) is 6.61 Å². The monoisotopic (exact) mass is 324 g/mol. The highest BCUT2D eigenvalue weighted by atomic mass is 32.1. The molecule has 1 aromatic heterocycles. The highest BCUT2D eigenvalue weighted by molar-refractivity contribution is 7.15. The number of nitrogen functional groups attached to an aromatic ring is 1. The number of nitrogens with zero attached hydrogens (tertiary/aromatic N) is 1. The van der Waals surface area contributed by atoms with Gasteiger partial charge in [-0.3, -0.25) is 0 Å². The second-order valence-electron chi connectivity index (χ2n) is 5.46. The van der Waals surface area contributed by atoms with Crippen molar-refractivity contribution in [2.45, 2.75) is 20.8 Å². The van der Waals surface area contributed by atoms with Gasteiger partial charge in [0.2, 0.25) is 0 Å². The molecule has 0 aliphatic carbocycles. The van der Waals surface area contributed by atoms with E-state index >= 15 is 0 Å². The number of hydrogen-bond acceptors (Lipinski definition) is 4. The fourth-order valence-corrected chi connectivity index (χ4v) is 3.51. The van der Waals surface area contributed by atoms with Gasteiger partial charge in [0.25, 0.3) is 0 Å². The van der Waals surface area contributed by atoms with Crippen molar-refractivity contribution in [3.63, 3.8) is 0 Å². The molecule has 0 atom stereocenters. The highest BCUT2D eigenvalue weighted by Crippen LogP contribution is 2.35. The first-order valence-electron chi connectivity index (χ1n) is 7.65. The van der Waals surface area contributed by atoms with E-state index < -0.39 is 0 Å². The Morgan fingerprint density at radius 3 is 2.61 bits per heavy atom. The van der Waals surface area contributed by atoms with Crippen LogP contribution < -0.4 is 10.5 Å². The van der Waals surface area contributed by atoms with Gasteiger partial charge in [0.15, 0.2) is 0 Å². The van der Waals surface area contributed by atoms with Gasteiger partial charge < -0.3 is 10.5 Å². The summed E-state index contributed by atoms with van der Waals surface area (Å²) in [5.74, 6) is 0.931. The van der Waals surface area contributed by atoms with E-state index in [1.165, 1.54) is 4.88 Å². The Kier molecular flexibility index (Phi) is 4.35. The summed E-state index contributed by atoms with van der Waals surface area (Å²) >= 11 is 1.69. The Morgan fingerprint density at radius 1 is 1.09 bits per heavy atom. The van der Waals surface area contributed by atoms with Crippen LogP contribution in [0.5, 0.6) is 5.75 Å². The topological polar surface area (TPSA) is 48.1 Å². The molecule has 0 aliphatic rings. The molecule has 1 heterocycles. The molecule has 118 valence electrons. The average Bonchev–Trinajstić information content (AvgIpc) is 2.91. The zero-order valence-electron chi connectivity index (χ0n) is 13.6. The normalized spacial score (nSPS) is 10.7. The molecule has 0 saturated heterocycles. The molecule has 0 unspecified atom stereocenters. The second-order valence-corrected chi connectivity index (χ2v) is 6.67. The van der Waals surface area contributed by atoms with Crippen LogP contribution in [0, 0.1) is 13.8 Å². The smallest absolute Gasteiger partial charge is 0.124 e. The number of aryl methyl sites for hydroxylation is 2. The molecule has 3 rings (SSSR count). The molecular formula is C19H20N2OS. The van der Waals surface area contributed by atoms with Crippen molar-refractivity contribution < 1.29 is 4.74 Å². The molecule has 3 aromatic rings. The number of rotatable bonds is 4. The van der Waals surface area contributed by atoms with Gasteiger partial charge >= 0.3 is 0 Å². The van der Waals surface area contributed by atoms with Crippen LogP contribution in [0.1, 0.15) is 17.4 Å². The molecule has 0 radical (unpaired) electrons. The Labute approximate surface area is 140 Å². The summed E-state index contributed by atoms with van der Waals surface area (Å²) < 4.78 is 5.61. The summed E-state index contributed by atoms with van der Waals surface area (Å²) in [6.07, 6.45) is 0. The van der Waals surface area contributed by atoms with Crippen molar-refractivity contribution in [2.75, 3.05) is 12.3 Å². The number of ether oxygens (including phenoxy) is 1. The standard InChI is InChI=1S/C19H20N2OS/c1-4-22-17-9-8-14(10-12(17)2)18-13(3)23-19(21-18)15-6-5-7-16(20)11-15/h5-11H,4,20H2,1-3H3. The predicted octanol–water partition coefficient (Wildman–Crippen LogP) is 5.07. The molecule has 3 nitrogen and oxygen atoms in total. The molecule has 0 spiro atoms. The lowest BCUT2D eigenvalue weighted by atomic mass is 10.1. The Hall–Kier alpha value is -2.33. The first kappa shape index (κ1) is 15.6. The molecule has 2 N–H and O–H groups in total. The van der Waals surface area contributed by atoms with E-state index in [9.17, 15) is 0 Å². The van der Waals surface area contributed by atoms with Gasteiger partial charge in [0.1, 0.15) is 10.8 Å². The fraction of sp³-hybridized carbons (Fsp3) is 0.211. The van der Waals surface area contributed by atoms with E-state index in [-0.39, 0.29) is 0 Å². The van der Waals surface area contributed by atoms with Crippen molar-refractivity contribution in [3.8, 4) is 27.6 Å². The van der Waals surface area contributed by atoms with Crippen molar-refractivity contribution in [2.24, 2.45) is 0 Å². The van der Waals surface area contributed by atoms with Gasteiger partial charge in [-0.15, -0.1) is 11.3 Å². The minimum atomic E-state index is 0.676. The summed E-state index contributed by atoms with van der Waals surface area (Å²) in [5.41, 5.74) is 11.0. The predicted molar refractivity (Wildman–Crippen MR) is 98.0 cm³/mol. The molecule has 0 amide bonds. The van der Waals surface area contributed by atoms with Crippen molar-refractivity contribution >= 4 is 17.0 Å². The van der Waals surface area contributed by atoms with E-state index in [2.05, 4.69) is 26.0 Å².